The Labute approximate surface area is 198 Å². The number of hydrogen-bond acceptors (Lipinski definition) is 4. The molecular formula is C25H34N2O4S2. The van der Waals surface area contributed by atoms with Crippen LogP contribution in [0.25, 0.3) is 0 Å². The Morgan fingerprint density at radius 1 is 0.788 bits per heavy atom. The molecule has 33 heavy (non-hydrogen) atoms. The molecule has 2 aromatic carbocycles. The Hall–Kier alpha value is -1.74. The summed E-state index contributed by atoms with van der Waals surface area (Å²) in [6, 6.07) is 16.1. The van der Waals surface area contributed by atoms with Crippen molar-refractivity contribution in [1.29, 1.82) is 0 Å². The highest BCUT2D eigenvalue weighted by Gasteiger charge is 2.32. The van der Waals surface area contributed by atoms with E-state index >= 15 is 0 Å². The van der Waals surface area contributed by atoms with Crippen molar-refractivity contribution in [2.45, 2.75) is 67.2 Å². The second-order valence-electron chi connectivity index (χ2n) is 9.32. The van der Waals surface area contributed by atoms with E-state index in [0.29, 0.717) is 19.0 Å². The van der Waals surface area contributed by atoms with Gasteiger partial charge in [0.2, 0.25) is 20.0 Å². The minimum Gasteiger partial charge on any atom is -0.207 e. The van der Waals surface area contributed by atoms with Crippen LogP contribution in [0.2, 0.25) is 0 Å². The van der Waals surface area contributed by atoms with Gasteiger partial charge in [0.05, 0.1) is 9.79 Å². The van der Waals surface area contributed by atoms with Gasteiger partial charge in [-0.1, -0.05) is 49.6 Å². The summed E-state index contributed by atoms with van der Waals surface area (Å²) in [5, 5.41) is 0. The van der Waals surface area contributed by atoms with Gasteiger partial charge in [-0.05, 0) is 67.9 Å². The lowest BCUT2D eigenvalue weighted by atomic mass is 9.91. The molecule has 8 heteroatoms. The minimum atomic E-state index is -3.64. The highest BCUT2D eigenvalue weighted by molar-refractivity contribution is 7.89. The third kappa shape index (κ3) is 5.50. The second kappa shape index (κ2) is 10.3. The normalized spacial score (nSPS) is 19.7. The molecule has 1 saturated heterocycles. The molecule has 1 saturated carbocycles. The van der Waals surface area contributed by atoms with Gasteiger partial charge in [0.25, 0.3) is 0 Å². The predicted octanol–water partition coefficient (Wildman–Crippen LogP) is 4.28. The maximum atomic E-state index is 13.2. The molecule has 1 aliphatic carbocycles. The van der Waals surface area contributed by atoms with Crippen molar-refractivity contribution < 1.29 is 16.8 Å². The number of piperidine rings is 1. The standard InChI is InChI=1S/C25H34N2O4S2/c1-26(23-10-6-3-7-11-23)32(28,29)24-12-14-25(15-13-24)33(30,31)27-18-16-22(17-19-27)20-21-8-4-2-5-9-21/h2,4-5,8-9,12-15,22-23H,3,6-7,10-11,16-20H2,1H3. The molecule has 0 spiro atoms. The molecule has 6 nitrogen and oxygen atoms in total. The van der Waals surface area contributed by atoms with E-state index in [1.807, 2.05) is 18.2 Å². The molecule has 4 rings (SSSR count). The van der Waals surface area contributed by atoms with E-state index < -0.39 is 20.0 Å². The minimum absolute atomic E-state index is 0.0179. The average Bonchev–Trinajstić information content (AvgIpc) is 2.85. The van der Waals surface area contributed by atoms with Crippen LogP contribution in [0.4, 0.5) is 0 Å². The lowest BCUT2D eigenvalue weighted by Gasteiger charge is -2.31. The SMILES string of the molecule is CN(C1CCCCC1)S(=O)(=O)c1ccc(S(=O)(=O)N2CCC(Cc3ccccc3)CC2)cc1. The van der Waals surface area contributed by atoms with Gasteiger partial charge in [0, 0.05) is 26.2 Å². The molecule has 2 aliphatic rings. The van der Waals surface area contributed by atoms with Crippen LogP contribution in [0.5, 0.6) is 0 Å². The molecule has 1 aliphatic heterocycles. The van der Waals surface area contributed by atoms with Gasteiger partial charge < -0.3 is 0 Å². The highest BCUT2D eigenvalue weighted by atomic mass is 32.2. The highest BCUT2D eigenvalue weighted by Crippen LogP contribution is 2.29. The third-order valence-corrected chi connectivity index (χ3v) is 11.0. The number of rotatable bonds is 7. The number of hydrogen-bond donors (Lipinski definition) is 0. The molecular weight excluding hydrogens is 456 g/mol. The molecule has 0 bridgehead atoms. The summed E-state index contributed by atoms with van der Waals surface area (Å²) < 4.78 is 55.4. The van der Waals surface area contributed by atoms with Crippen LogP contribution in [0, 0.1) is 5.92 Å². The monoisotopic (exact) mass is 490 g/mol. The van der Waals surface area contributed by atoms with Gasteiger partial charge in [0.15, 0.2) is 0 Å². The zero-order chi connectivity index (χ0) is 23.5. The lowest BCUT2D eigenvalue weighted by molar-refractivity contribution is 0.273. The summed E-state index contributed by atoms with van der Waals surface area (Å²) in [5.41, 5.74) is 1.29. The van der Waals surface area contributed by atoms with Crippen LogP contribution < -0.4 is 0 Å². The maximum Gasteiger partial charge on any atom is 0.243 e. The van der Waals surface area contributed by atoms with Gasteiger partial charge >= 0.3 is 0 Å². The molecule has 0 radical (unpaired) electrons. The van der Waals surface area contributed by atoms with E-state index in [1.54, 1.807) is 7.05 Å². The van der Waals surface area contributed by atoms with Crippen molar-refractivity contribution in [3.63, 3.8) is 0 Å². The number of benzene rings is 2. The predicted molar refractivity (Wildman–Crippen MR) is 130 cm³/mol. The molecule has 0 atom stereocenters. The summed E-state index contributed by atoms with van der Waals surface area (Å²) in [6.07, 6.45) is 7.62. The molecule has 0 unspecified atom stereocenters. The fraction of sp³-hybridized carbons (Fsp3) is 0.520. The fourth-order valence-electron chi connectivity index (χ4n) is 5.04. The maximum absolute atomic E-state index is 13.2. The smallest absolute Gasteiger partial charge is 0.207 e. The van der Waals surface area contributed by atoms with Gasteiger partial charge in [-0.25, -0.2) is 16.8 Å². The summed E-state index contributed by atoms with van der Waals surface area (Å²) in [5.74, 6) is 0.474. The zero-order valence-corrected chi connectivity index (χ0v) is 20.9. The second-order valence-corrected chi connectivity index (χ2v) is 13.3. The van der Waals surface area contributed by atoms with Crippen molar-refractivity contribution in [2.75, 3.05) is 20.1 Å². The first-order valence-electron chi connectivity index (χ1n) is 11.9. The van der Waals surface area contributed by atoms with E-state index in [-0.39, 0.29) is 15.8 Å². The topological polar surface area (TPSA) is 74.8 Å². The number of sulfonamides is 2. The summed E-state index contributed by atoms with van der Waals surface area (Å²) in [6.45, 7) is 0.981. The first-order chi connectivity index (χ1) is 15.8. The van der Waals surface area contributed by atoms with Crippen LogP contribution >= 0.6 is 0 Å². The van der Waals surface area contributed by atoms with Gasteiger partial charge in [-0.2, -0.15) is 8.61 Å². The first kappa shape index (κ1) is 24.4. The largest absolute Gasteiger partial charge is 0.243 e. The molecule has 0 N–H and O–H groups in total. The Bertz CT molecular complexity index is 1120. The van der Waals surface area contributed by atoms with Crippen LogP contribution in [0.3, 0.4) is 0 Å². The van der Waals surface area contributed by atoms with Crippen LogP contribution in [-0.4, -0.2) is 51.6 Å². The Morgan fingerprint density at radius 2 is 1.36 bits per heavy atom. The van der Waals surface area contributed by atoms with Gasteiger partial charge in [-0.3, -0.25) is 0 Å². The van der Waals surface area contributed by atoms with Gasteiger partial charge in [-0.15, -0.1) is 0 Å². The van der Waals surface area contributed by atoms with E-state index in [4.69, 9.17) is 0 Å². The van der Waals surface area contributed by atoms with E-state index in [0.717, 1.165) is 51.4 Å². The van der Waals surface area contributed by atoms with Crippen LogP contribution in [-0.2, 0) is 26.5 Å². The van der Waals surface area contributed by atoms with Gasteiger partial charge in [0.1, 0.15) is 0 Å². The van der Waals surface area contributed by atoms with Crippen LogP contribution in [0.1, 0.15) is 50.5 Å². The summed E-state index contributed by atoms with van der Waals surface area (Å²) in [7, 11) is -5.64. The lowest BCUT2D eigenvalue weighted by Crippen LogP contribution is -2.39. The van der Waals surface area contributed by atoms with Crippen molar-refractivity contribution >= 4 is 20.0 Å². The first-order valence-corrected chi connectivity index (χ1v) is 14.8. The molecule has 2 fully saturated rings. The molecule has 0 amide bonds. The Kier molecular flexibility index (Phi) is 7.58. The van der Waals surface area contributed by atoms with Crippen LogP contribution in [0.15, 0.2) is 64.4 Å². The van der Waals surface area contributed by atoms with Crippen molar-refractivity contribution in [2.24, 2.45) is 5.92 Å². The quantitative estimate of drug-likeness (QED) is 0.581. The van der Waals surface area contributed by atoms with Crippen molar-refractivity contribution in [3.8, 4) is 0 Å². The van der Waals surface area contributed by atoms with Crippen molar-refractivity contribution in [3.05, 3.63) is 60.2 Å². The molecule has 2 aromatic rings. The fourth-order valence-corrected chi connectivity index (χ4v) is 7.93. The summed E-state index contributed by atoms with van der Waals surface area (Å²) >= 11 is 0. The molecule has 0 aromatic heterocycles. The summed E-state index contributed by atoms with van der Waals surface area (Å²) in [4.78, 5) is 0.305. The average molecular weight is 491 g/mol. The Balaban J connectivity index is 1.40. The molecule has 180 valence electrons. The Morgan fingerprint density at radius 3 is 1.97 bits per heavy atom. The van der Waals surface area contributed by atoms with E-state index in [9.17, 15) is 16.8 Å². The third-order valence-electron chi connectivity index (χ3n) is 7.17. The zero-order valence-electron chi connectivity index (χ0n) is 19.3. The number of nitrogens with zero attached hydrogens (tertiary/aromatic N) is 2. The van der Waals surface area contributed by atoms with E-state index in [2.05, 4.69) is 12.1 Å². The molecule has 1 heterocycles. The van der Waals surface area contributed by atoms with E-state index in [1.165, 1.54) is 38.4 Å². The van der Waals surface area contributed by atoms with Crippen molar-refractivity contribution in [1.82, 2.24) is 8.61 Å².